The summed E-state index contributed by atoms with van der Waals surface area (Å²) in [6.45, 7) is 0. The molecule has 1 aliphatic carbocycles. The number of ether oxygens (including phenoxy) is 2. The number of methoxy groups -OCH3 is 2. The van der Waals surface area contributed by atoms with Crippen LogP contribution in [0, 0.1) is 0 Å². The Morgan fingerprint density at radius 2 is 1.85 bits per heavy atom. The lowest BCUT2D eigenvalue weighted by molar-refractivity contribution is 0.0972. The van der Waals surface area contributed by atoms with Crippen LogP contribution in [-0.2, 0) is 6.42 Å². The lowest BCUT2D eigenvalue weighted by Crippen LogP contribution is -2.14. The molecule has 6 heteroatoms. The van der Waals surface area contributed by atoms with Crippen LogP contribution < -0.4 is 9.47 Å². The van der Waals surface area contributed by atoms with Crippen LogP contribution in [0.15, 0.2) is 18.3 Å². The largest absolute Gasteiger partial charge is 0.481 e. The molecule has 0 fully saturated rings. The summed E-state index contributed by atoms with van der Waals surface area (Å²) < 4.78 is 12.1. The van der Waals surface area contributed by atoms with Crippen molar-refractivity contribution in [2.75, 3.05) is 14.2 Å². The van der Waals surface area contributed by atoms with Crippen LogP contribution in [0.5, 0.6) is 11.8 Å². The first kappa shape index (κ1) is 12.7. The van der Waals surface area contributed by atoms with Crippen molar-refractivity contribution in [3.63, 3.8) is 0 Å². The maximum atomic E-state index is 11.9. The molecular weight excluding hydrogens is 258 g/mol. The molecule has 0 unspecified atom stereocenters. The van der Waals surface area contributed by atoms with E-state index >= 15 is 0 Å². The summed E-state index contributed by atoms with van der Waals surface area (Å²) in [5.41, 5.74) is 1.72. The normalized spacial score (nSPS) is 14.0. The lowest BCUT2D eigenvalue weighted by Gasteiger charge is -2.14. The lowest BCUT2D eigenvalue weighted by atomic mass is 9.97. The highest BCUT2D eigenvalue weighted by molar-refractivity contribution is 5.98. The van der Waals surface area contributed by atoms with Gasteiger partial charge in [0.05, 0.1) is 20.3 Å². The zero-order chi connectivity index (χ0) is 14.1. The summed E-state index contributed by atoms with van der Waals surface area (Å²) in [4.78, 5) is 20.5. The molecule has 0 saturated heterocycles. The Hall–Kier alpha value is -2.37. The molecule has 0 bridgehead atoms. The van der Waals surface area contributed by atoms with Crippen molar-refractivity contribution in [1.82, 2.24) is 14.5 Å². The molecular formula is C14H15N3O3. The minimum atomic E-state index is 0.180. The number of ketones is 1. The van der Waals surface area contributed by atoms with Gasteiger partial charge in [-0.15, -0.1) is 0 Å². The third kappa shape index (κ3) is 2.03. The van der Waals surface area contributed by atoms with Gasteiger partial charge in [-0.25, -0.2) is 0 Å². The van der Waals surface area contributed by atoms with Crippen molar-refractivity contribution in [2.24, 2.45) is 0 Å². The van der Waals surface area contributed by atoms with Crippen molar-refractivity contribution >= 4 is 5.78 Å². The number of hydrogen-bond acceptors (Lipinski definition) is 5. The van der Waals surface area contributed by atoms with Gasteiger partial charge >= 0.3 is 0 Å². The minimum Gasteiger partial charge on any atom is -0.481 e. The summed E-state index contributed by atoms with van der Waals surface area (Å²) in [7, 11) is 3.08. The number of rotatable bonds is 3. The maximum Gasteiger partial charge on any atom is 0.240 e. The van der Waals surface area contributed by atoms with Gasteiger partial charge in [0.1, 0.15) is 0 Å². The van der Waals surface area contributed by atoms with E-state index in [2.05, 4.69) is 9.97 Å². The molecule has 1 aliphatic rings. The van der Waals surface area contributed by atoms with Crippen LogP contribution in [0.4, 0.5) is 0 Å². The fourth-order valence-corrected chi connectivity index (χ4v) is 2.42. The first-order valence-corrected chi connectivity index (χ1v) is 6.44. The molecule has 0 aliphatic heterocycles. The van der Waals surface area contributed by atoms with Gasteiger partial charge in [-0.3, -0.25) is 9.36 Å². The third-order valence-corrected chi connectivity index (χ3v) is 3.41. The fraction of sp³-hybridized carbons (Fsp3) is 0.357. The number of fused-ring (bicyclic) bond motifs is 1. The molecule has 0 radical (unpaired) electrons. The number of aromatic nitrogens is 3. The Kier molecular flexibility index (Phi) is 3.14. The molecule has 0 aromatic carbocycles. The van der Waals surface area contributed by atoms with Crippen molar-refractivity contribution in [3.8, 4) is 17.7 Å². The SMILES string of the molecule is COc1cc(OC)nc(-n2ccc3c2CCCC3=O)n1. The molecule has 2 heterocycles. The van der Waals surface area contributed by atoms with Crippen LogP contribution in [0.25, 0.3) is 5.95 Å². The zero-order valence-electron chi connectivity index (χ0n) is 11.4. The molecule has 2 aromatic heterocycles. The van der Waals surface area contributed by atoms with E-state index in [0.29, 0.717) is 24.1 Å². The van der Waals surface area contributed by atoms with Crippen LogP contribution in [0.2, 0.25) is 0 Å². The molecule has 0 N–H and O–H groups in total. The summed E-state index contributed by atoms with van der Waals surface area (Å²) in [5, 5.41) is 0. The van der Waals surface area contributed by atoms with E-state index in [1.807, 2.05) is 16.8 Å². The van der Waals surface area contributed by atoms with Crippen molar-refractivity contribution in [3.05, 3.63) is 29.6 Å². The first-order valence-electron chi connectivity index (χ1n) is 6.44. The van der Waals surface area contributed by atoms with Crippen molar-refractivity contribution in [1.29, 1.82) is 0 Å². The second-order valence-corrected chi connectivity index (χ2v) is 4.58. The van der Waals surface area contributed by atoms with Crippen LogP contribution >= 0.6 is 0 Å². The van der Waals surface area contributed by atoms with E-state index in [1.165, 1.54) is 0 Å². The summed E-state index contributed by atoms with van der Waals surface area (Å²) in [6, 6.07) is 3.44. The molecule has 0 spiro atoms. The van der Waals surface area contributed by atoms with E-state index in [4.69, 9.17) is 9.47 Å². The molecule has 0 saturated carbocycles. The van der Waals surface area contributed by atoms with Crippen molar-refractivity contribution in [2.45, 2.75) is 19.3 Å². The first-order chi connectivity index (χ1) is 9.72. The van der Waals surface area contributed by atoms with E-state index < -0.39 is 0 Å². The van der Waals surface area contributed by atoms with Gasteiger partial charge in [0, 0.05) is 23.9 Å². The highest BCUT2D eigenvalue weighted by atomic mass is 16.5. The monoisotopic (exact) mass is 273 g/mol. The zero-order valence-corrected chi connectivity index (χ0v) is 11.4. The van der Waals surface area contributed by atoms with E-state index in [0.717, 1.165) is 24.1 Å². The van der Waals surface area contributed by atoms with Gasteiger partial charge < -0.3 is 9.47 Å². The number of hydrogen-bond donors (Lipinski definition) is 0. The topological polar surface area (TPSA) is 66.2 Å². The molecule has 104 valence electrons. The summed E-state index contributed by atoms with van der Waals surface area (Å²) >= 11 is 0. The Morgan fingerprint density at radius 1 is 1.15 bits per heavy atom. The quantitative estimate of drug-likeness (QED) is 0.853. The molecule has 0 atom stereocenters. The standard InChI is InChI=1S/C14H15N3O3/c1-19-12-8-13(20-2)16-14(15-12)17-7-6-9-10(17)4-3-5-11(9)18/h6-8H,3-5H2,1-2H3. The van der Waals surface area contributed by atoms with E-state index in [-0.39, 0.29) is 5.78 Å². The van der Waals surface area contributed by atoms with Gasteiger partial charge in [-0.2, -0.15) is 9.97 Å². The average molecular weight is 273 g/mol. The average Bonchev–Trinajstić information content (AvgIpc) is 2.92. The number of carbonyl (C=O) groups excluding carboxylic acids is 1. The number of Topliss-reactive ketones (excluding diaryl/α,β-unsaturated/α-hetero) is 1. The van der Waals surface area contributed by atoms with Gasteiger partial charge in [0.25, 0.3) is 0 Å². The van der Waals surface area contributed by atoms with Crippen LogP contribution in [-0.4, -0.2) is 34.5 Å². The van der Waals surface area contributed by atoms with E-state index in [1.54, 1.807) is 20.3 Å². The highest BCUT2D eigenvalue weighted by Crippen LogP contribution is 2.25. The molecule has 0 amide bonds. The Bertz CT molecular complexity index is 641. The predicted octanol–water partition coefficient (Wildman–Crippen LogP) is 1.80. The maximum absolute atomic E-state index is 11.9. The number of carbonyl (C=O) groups is 1. The highest BCUT2D eigenvalue weighted by Gasteiger charge is 2.22. The second kappa shape index (κ2) is 4.96. The summed E-state index contributed by atoms with van der Waals surface area (Å²) in [6.07, 6.45) is 4.13. The fourth-order valence-electron chi connectivity index (χ4n) is 2.42. The van der Waals surface area contributed by atoms with Crippen molar-refractivity contribution < 1.29 is 14.3 Å². The third-order valence-electron chi connectivity index (χ3n) is 3.41. The van der Waals surface area contributed by atoms with Gasteiger partial charge in [0.2, 0.25) is 17.7 Å². The minimum absolute atomic E-state index is 0.180. The Labute approximate surface area is 116 Å². The van der Waals surface area contributed by atoms with Crippen LogP contribution in [0.1, 0.15) is 28.9 Å². The Balaban J connectivity index is 2.11. The summed E-state index contributed by atoms with van der Waals surface area (Å²) in [5.74, 6) is 1.49. The molecule has 6 nitrogen and oxygen atoms in total. The molecule has 3 rings (SSSR count). The van der Waals surface area contributed by atoms with Gasteiger partial charge in [0.15, 0.2) is 5.78 Å². The Morgan fingerprint density at radius 3 is 2.50 bits per heavy atom. The van der Waals surface area contributed by atoms with E-state index in [9.17, 15) is 4.79 Å². The molecule has 2 aromatic rings. The second-order valence-electron chi connectivity index (χ2n) is 4.58. The smallest absolute Gasteiger partial charge is 0.240 e. The van der Waals surface area contributed by atoms with Crippen LogP contribution in [0.3, 0.4) is 0 Å². The molecule has 20 heavy (non-hydrogen) atoms. The number of nitrogens with zero attached hydrogens (tertiary/aromatic N) is 3. The van der Waals surface area contributed by atoms with Gasteiger partial charge in [-0.1, -0.05) is 0 Å². The predicted molar refractivity (Wildman–Crippen MR) is 71.7 cm³/mol. The van der Waals surface area contributed by atoms with Gasteiger partial charge in [-0.05, 0) is 18.9 Å².